The Labute approximate surface area is 91.7 Å². The van der Waals surface area contributed by atoms with Gasteiger partial charge in [-0.2, -0.15) is 0 Å². The highest BCUT2D eigenvalue weighted by atomic mass is 16.5. The lowest BCUT2D eigenvalue weighted by atomic mass is 9.93. The molecule has 2 nitrogen and oxygen atoms in total. The Hall–Kier alpha value is -0.790. The first kappa shape index (κ1) is 10.7. The highest BCUT2D eigenvalue weighted by molar-refractivity contribution is 5.83. The average Bonchev–Trinajstić information content (AvgIpc) is 2.65. The minimum atomic E-state index is 0.237. The summed E-state index contributed by atoms with van der Waals surface area (Å²) in [7, 11) is 0. The minimum Gasteiger partial charge on any atom is -0.495 e. The zero-order valence-corrected chi connectivity index (χ0v) is 9.82. The largest absolute Gasteiger partial charge is 0.495 e. The molecule has 0 aromatic carbocycles. The Bertz CT molecular complexity index is 293. The van der Waals surface area contributed by atoms with Crippen molar-refractivity contribution < 1.29 is 9.53 Å². The molecule has 2 aliphatic rings. The van der Waals surface area contributed by atoms with Crippen molar-refractivity contribution in [3.63, 3.8) is 0 Å². The number of hydrogen-bond acceptors (Lipinski definition) is 2. The van der Waals surface area contributed by atoms with E-state index in [0.29, 0.717) is 23.7 Å². The number of hydrogen-bond donors (Lipinski definition) is 0. The molecule has 2 heteroatoms. The number of ketones is 1. The number of carbonyl (C=O) groups is 1. The first-order valence-corrected chi connectivity index (χ1v) is 5.98. The SMILES string of the molecule is CC1C=C(CC2CCC(=O)C2C)OC1C. The molecule has 0 aromatic rings. The van der Waals surface area contributed by atoms with E-state index >= 15 is 0 Å². The first-order chi connectivity index (χ1) is 7.08. The molecule has 2 rings (SSSR count). The summed E-state index contributed by atoms with van der Waals surface area (Å²) in [5.41, 5.74) is 0. The van der Waals surface area contributed by atoms with Gasteiger partial charge in [0.1, 0.15) is 11.9 Å². The van der Waals surface area contributed by atoms with Crippen LogP contribution in [0.25, 0.3) is 0 Å². The summed E-state index contributed by atoms with van der Waals surface area (Å²) in [6, 6.07) is 0. The van der Waals surface area contributed by atoms with Gasteiger partial charge in [-0.3, -0.25) is 4.79 Å². The zero-order chi connectivity index (χ0) is 11.0. The van der Waals surface area contributed by atoms with E-state index in [2.05, 4.69) is 26.8 Å². The third-order valence-corrected chi connectivity index (χ3v) is 3.97. The van der Waals surface area contributed by atoms with E-state index in [4.69, 9.17) is 4.74 Å². The number of Topliss-reactive ketones (excluding diaryl/α,β-unsaturated/α-hetero) is 1. The summed E-state index contributed by atoms with van der Waals surface area (Å²) >= 11 is 0. The van der Waals surface area contributed by atoms with Crippen molar-refractivity contribution in [2.75, 3.05) is 0 Å². The lowest BCUT2D eigenvalue weighted by Gasteiger charge is -2.16. The second-order valence-corrected chi connectivity index (χ2v) is 5.07. The monoisotopic (exact) mass is 208 g/mol. The van der Waals surface area contributed by atoms with Crippen molar-refractivity contribution >= 4 is 5.78 Å². The number of allylic oxidation sites excluding steroid dienone is 1. The molecular weight excluding hydrogens is 188 g/mol. The van der Waals surface area contributed by atoms with Gasteiger partial charge in [-0.1, -0.05) is 13.8 Å². The summed E-state index contributed by atoms with van der Waals surface area (Å²) in [5, 5.41) is 0. The van der Waals surface area contributed by atoms with Gasteiger partial charge < -0.3 is 4.74 Å². The molecule has 1 aliphatic carbocycles. The van der Waals surface area contributed by atoms with Gasteiger partial charge in [0.2, 0.25) is 0 Å². The molecule has 0 bridgehead atoms. The minimum absolute atomic E-state index is 0.237. The Morgan fingerprint density at radius 2 is 2.13 bits per heavy atom. The number of carbonyl (C=O) groups excluding carboxylic acids is 1. The quantitative estimate of drug-likeness (QED) is 0.697. The maximum Gasteiger partial charge on any atom is 0.136 e. The molecule has 4 atom stereocenters. The Kier molecular flexibility index (Phi) is 2.85. The summed E-state index contributed by atoms with van der Waals surface area (Å²) in [5.74, 6) is 2.82. The van der Waals surface area contributed by atoms with Crippen LogP contribution in [-0.4, -0.2) is 11.9 Å². The number of rotatable bonds is 2. The van der Waals surface area contributed by atoms with E-state index in [0.717, 1.165) is 25.0 Å². The molecule has 0 amide bonds. The third-order valence-electron chi connectivity index (χ3n) is 3.97. The second kappa shape index (κ2) is 3.99. The molecule has 0 spiro atoms. The van der Waals surface area contributed by atoms with Gasteiger partial charge in [-0.25, -0.2) is 0 Å². The molecule has 84 valence electrons. The van der Waals surface area contributed by atoms with E-state index in [-0.39, 0.29) is 5.92 Å². The highest BCUT2D eigenvalue weighted by Crippen LogP contribution is 2.36. The molecule has 15 heavy (non-hydrogen) atoms. The summed E-state index contributed by atoms with van der Waals surface area (Å²) in [6.07, 6.45) is 5.31. The van der Waals surface area contributed by atoms with E-state index in [9.17, 15) is 4.79 Å². The van der Waals surface area contributed by atoms with Crippen molar-refractivity contribution in [1.29, 1.82) is 0 Å². The molecule has 1 aliphatic heterocycles. The Morgan fingerprint density at radius 1 is 1.40 bits per heavy atom. The van der Waals surface area contributed by atoms with Crippen LogP contribution in [0.3, 0.4) is 0 Å². The van der Waals surface area contributed by atoms with Crippen LogP contribution in [0, 0.1) is 17.8 Å². The maximum absolute atomic E-state index is 11.4. The molecule has 1 saturated carbocycles. The smallest absolute Gasteiger partial charge is 0.136 e. The molecule has 0 radical (unpaired) electrons. The van der Waals surface area contributed by atoms with Crippen molar-refractivity contribution in [3.8, 4) is 0 Å². The molecule has 1 fully saturated rings. The molecule has 0 aromatic heterocycles. The average molecular weight is 208 g/mol. The van der Waals surface area contributed by atoms with E-state index in [1.807, 2.05) is 0 Å². The van der Waals surface area contributed by atoms with Gasteiger partial charge in [0.05, 0.1) is 5.76 Å². The van der Waals surface area contributed by atoms with Crippen LogP contribution in [0.1, 0.15) is 40.0 Å². The maximum atomic E-state index is 11.4. The van der Waals surface area contributed by atoms with E-state index in [1.54, 1.807) is 0 Å². The van der Waals surface area contributed by atoms with Crippen LogP contribution in [0.5, 0.6) is 0 Å². The van der Waals surface area contributed by atoms with Crippen LogP contribution in [-0.2, 0) is 9.53 Å². The van der Waals surface area contributed by atoms with Gasteiger partial charge in [-0.15, -0.1) is 0 Å². The lowest BCUT2D eigenvalue weighted by molar-refractivity contribution is -0.120. The van der Waals surface area contributed by atoms with Crippen molar-refractivity contribution in [2.24, 2.45) is 17.8 Å². The van der Waals surface area contributed by atoms with Gasteiger partial charge in [0.15, 0.2) is 0 Å². The third kappa shape index (κ3) is 2.09. The van der Waals surface area contributed by atoms with Gasteiger partial charge in [-0.05, 0) is 25.3 Å². The molecule has 1 heterocycles. The number of ether oxygens (including phenoxy) is 1. The fourth-order valence-corrected chi connectivity index (χ4v) is 2.54. The first-order valence-electron chi connectivity index (χ1n) is 5.98. The lowest BCUT2D eigenvalue weighted by Crippen LogP contribution is -2.12. The summed E-state index contributed by atoms with van der Waals surface area (Å²) < 4.78 is 5.77. The highest BCUT2D eigenvalue weighted by Gasteiger charge is 2.33. The Morgan fingerprint density at radius 3 is 2.60 bits per heavy atom. The van der Waals surface area contributed by atoms with Crippen LogP contribution >= 0.6 is 0 Å². The van der Waals surface area contributed by atoms with Crippen molar-refractivity contribution in [2.45, 2.75) is 46.1 Å². The normalized spacial score (nSPS) is 40.5. The molecule has 4 unspecified atom stereocenters. The fraction of sp³-hybridized carbons (Fsp3) is 0.769. The van der Waals surface area contributed by atoms with Crippen LogP contribution < -0.4 is 0 Å². The zero-order valence-electron chi connectivity index (χ0n) is 9.82. The predicted octanol–water partition coefficient (Wildman–Crippen LogP) is 2.93. The van der Waals surface area contributed by atoms with Gasteiger partial charge in [0.25, 0.3) is 0 Å². The van der Waals surface area contributed by atoms with E-state index in [1.165, 1.54) is 0 Å². The van der Waals surface area contributed by atoms with Crippen LogP contribution in [0.15, 0.2) is 11.8 Å². The molecule has 0 N–H and O–H groups in total. The van der Waals surface area contributed by atoms with Gasteiger partial charge >= 0.3 is 0 Å². The topological polar surface area (TPSA) is 26.3 Å². The summed E-state index contributed by atoms with van der Waals surface area (Å²) in [6.45, 7) is 6.35. The van der Waals surface area contributed by atoms with Crippen molar-refractivity contribution in [3.05, 3.63) is 11.8 Å². The van der Waals surface area contributed by atoms with Crippen LogP contribution in [0.2, 0.25) is 0 Å². The summed E-state index contributed by atoms with van der Waals surface area (Å²) in [4.78, 5) is 11.4. The standard InChI is InChI=1S/C13H20O2/c1-8-6-12(15-10(8)3)7-11-4-5-13(14)9(11)2/h6,8-11H,4-5,7H2,1-3H3. The van der Waals surface area contributed by atoms with Gasteiger partial charge in [0, 0.05) is 24.7 Å². The second-order valence-electron chi connectivity index (χ2n) is 5.07. The van der Waals surface area contributed by atoms with Crippen LogP contribution in [0.4, 0.5) is 0 Å². The fourth-order valence-electron chi connectivity index (χ4n) is 2.54. The van der Waals surface area contributed by atoms with E-state index < -0.39 is 0 Å². The molecular formula is C13H20O2. The van der Waals surface area contributed by atoms with Crippen molar-refractivity contribution in [1.82, 2.24) is 0 Å². The predicted molar refractivity (Wildman–Crippen MR) is 59.3 cm³/mol. The molecule has 0 saturated heterocycles. The Balaban J connectivity index is 1.93.